The van der Waals surface area contributed by atoms with E-state index in [1.54, 1.807) is 12.1 Å². The molecule has 7 heteroatoms. The Morgan fingerprint density at radius 3 is 2.76 bits per heavy atom. The highest BCUT2D eigenvalue weighted by Crippen LogP contribution is 2.29. The molecule has 0 saturated heterocycles. The smallest absolute Gasteiger partial charge is 0.387 e. The highest BCUT2D eigenvalue weighted by molar-refractivity contribution is 5.79. The molecular formula is C18H27F2N3O2. The second-order valence-electron chi connectivity index (χ2n) is 5.39. The van der Waals surface area contributed by atoms with Crippen molar-refractivity contribution in [3.8, 4) is 11.5 Å². The highest BCUT2D eigenvalue weighted by atomic mass is 19.3. The van der Waals surface area contributed by atoms with Crippen LogP contribution in [0, 0.1) is 0 Å². The Kier molecular flexibility index (Phi) is 9.36. The summed E-state index contributed by atoms with van der Waals surface area (Å²) >= 11 is 0. The number of alkyl halides is 2. The van der Waals surface area contributed by atoms with Crippen LogP contribution in [0.5, 0.6) is 11.5 Å². The van der Waals surface area contributed by atoms with Gasteiger partial charge in [-0.1, -0.05) is 12.1 Å². The predicted molar refractivity (Wildman–Crippen MR) is 96.5 cm³/mol. The lowest BCUT2D eigenvalue weighted by Gasteiger charge is -2.21. The number of guanidine groups is 1. The van der Waals surface area contributed by atoms with Gasteiger partial charge in [-0.2, -0.15) is 8.78 Å². The van der Waals surface area contributed by atoms with Crippen LogP contribution in [0.3, 0.4) is 0 Å². The third kappa shape index (κ3) is 7.41. The zero-order valence-corrected chi connectivity index (χ0v) is 15.1. The van der Waals surface area contributed by atoms with E-state index < -0.39 is 6.61 Å². The van der Waals surface area contributed by atoms with Crippen LogP contribution in [0.25, 0.3) is 0 Å². The number of aliphatic imine (C=N–C) groups is 1. The molecule has 0 radical (unpaired) electrons. The van der Waals surface area contributed by atoms with E-state index in [-0.39, 0.29) is 11.5 Å². The number of halogens is 2. The van der Waals surface area contributed by atoms with E-state index in [0.29, 0.717) is 6.54 Å². The van der Waals surface area contributed by atoms with Crippen LogP contribution in [-0.4, -0.2) is 44.7 Å². The van der Waals surface area contributed by atoms with Gasteiger partial charge in [-0.25, -0.2) is 4.99 Å². The van der Waals surface area contributed by atoms with Gasteiger partial charge in [0.1, 0.15) is 0 Å². The average molecular weight is 355 g/mol. The minimum Gasteiger partial charge on any atom is -0.493 e. The van der Waals surface area contributed by atoms with Crippen molar-refractivity contribution in [2.24, 2.45) is 4.99 Å². The predicted octanol–water partition coefficient (Wildman–Crippen LogP) is 3.66. The van der Waals surface area contributed by atoms with E-state index in [1.165, 1.54) is 13.2 Å². The molecular weight excluding hydrogens is 328 g/mol. The number of benzene rings is 1. The molecule has 0 spiro atoms. The van der Waals surface area contributed by atoms with Crippen molar-refractivity contribution < 1.29 is 18.3 Å². The molecule has 140 valence electrons. The second-order valence-corrected chi connectivity index (χ2v) is 5.39. The molecule has 0 fully saturated rings. The maximum Gasteiger partial charge on any atom is 0.387 e. The molecule has 1 aromatic carbocycles. The van der Waals surface area contributed by atoms with E-state index in [0.717, 1.165) is 37.5 Å². The van der Waals surface area contributed by atoms with Gasteiger partial charge >= 0.3 is 6.61 Å². The van der Waals surface area contributed by atoms with Crippen LogP contribution < -0.4 is 14.8 Å². The number of nitrogens with zero attached hydrogens (tertiary/aromatic N) is 2. The van der Waals surface area contributed by atoms with E-state index in [4.69, 9.17) is 4.74 Å². The molecule has 1 aromatic rings. The number of nitrogens with one attached hydrogen (secondary N) is 1. The molecule has 0 saturated carbocycles. The van der Waals surface area contributed by atoms with Crippen LogP contribution in [0.15, 0.2) is 35.8 Å². The Hall–Kier alpha value is -2.31. The van der Waals surface area contributed by atoms with Crippen molar-refractivity contribution in [2.75, 3.05) is 27.2 Å². The monoisotopic (exact) mass is 355 g/mol. The van der Waals surface area contributed by atoms with Crippen molar-refractivity contribution in [3.05, 3.63) is 36.4 Å². The average Bonchev–Trinajstić information content (AvgIpc) is 2.58. The molecule has 25 heavy (non-hydrogen) atoms. The largest absolute Gasteiger partial charge is 0.493 e. The van der Waals surface area contributed by atoms with Crippen LogP contribution in [-0.2, 0) is 6.54 Å². The summed E-state index contributed by atoms with van der Waals surface area (Å²) in [6, 6.07) is 4.90. The lowest BCUT2D eigenvalue weighted by atomic mass is 10.2. The minimum atomic E-state index is -2.90. The third-order valence-electron chi connectivity index (χ3n) is 3.45. The summed E-state index contributed by atoms with van der Waals surface area (Å²) in [5.41, 5.74) is 0.756. The van der Waals surface area contributed by atoms with E-state index in [2.05, 4.69) is 21.6 Å². The number of hydrogen-bond acceptors (Lipinski definition) is 3. The molecule has 0 heterocycles. The lowest BCUT2D eigenvalue weighted by molar-refractivity contribution is -0.0512. The summed E-state index contributed by atoms with van der Waals surface area (Å²) in [7, 11) is 3.37. The van der Waals surface area contributed by atoms with Crippen molar-refractivity contribution in [1.82, 2.24) is 10.2 Å². The van der Waals surface area contributed by atoms with Gasteiger partial charge in [0.15, 0.2) is 17.5 Å². The standard InChI is InChI=1S/C18H27F2N3O2/c1-5-7-8-11-23(3)18(21-6-2)22-13-14-9-10-15(24-4)16(12-14)25-17(19)20/h5,9-10,12,17H,1,6-8,11,13H2,2-4H3,(H,21,22). The normalized spacial score (nSPS) is 11.4. The first-order valence-corrected chi connectivity index (χ1v) is 8.23. The third-order valence-corrected chi connectivity index (χ3v) is 3.45. The van der Waals surface area contributed by atoms with Crippen molar-refractivity contribution in [3.63, 3.8) is 0 Å². The number of ether oxygens (including phenoxy) is 2. The first kappa shape index (κ1) is 20.7. The molecule has 5 nitrogen and oxygen atoms in total. The molecule has 0 aliphatic carbocycles. The topological polar surface area (TPSA) is 46.1 Å². The van der Waals surface area contributed by atoms with Crippen molar-refractivity contribution >= 4 is 5.96 Å². The van der Waals surface area contributed by atoms with Gasteiger partial charge in [0, 0.05) is 20.1 Å². The molecule has 1 rings (SSSR count). The Morgan fingerprint density at radius 1 is 1.40 bits per heavy atom. The quantitative estimate of drug-likeness (QED) is 0.301. The zero-order valence-electron chi connectivity index (χ0n) is 15.1. The number of rotatable bonds is 10. The van der Waals surface area contributed by atoms with Crippen LogP contribution in [0.2, 0.25) is 0 Å². The van der Waals surface area contributed by atoms with Crippen molar-refractivity contribution in [2.45, 2.75) is 32.9 Å². The molecule has 1 N–H and O–H groups in total. The highest BCUT2D eigenvalue weighted by Gasteiger charge is 2.11. The maximum absolute atomic E-state index is 12.5. The molecule has 0 aliphatic heterocycles. The maximum atomic E-state index is 12.5. The first-order valence-electron chi connectivity index (χ1n) is 8.23. The number of hydrogen-bond donors (Lipinski definition) is 1. The van der Waals surface area contributed by atoms with Gasteiger partial charge < -0.3 is 19.7 Å². The summed E-state index contributed by atoms with van der Waals surface area (Å²) in [4.78, 5) is 6.59. The second kappa shape index (κ2) is 11.3. The summed E-state index contributed by atoms with van der Waals surface area (Å²) in [5.74, 6) is 1.04. The fourth-order valence-electron chi connectivity index (χ4n) is 2.22. The number of methoxy groups -OCH3 is 1. The summed E-state index contributed by atoms with van der Waals surface area (Å²) in [5, 5.41) is 3.22. The van der Waals surface area contributed by atoms with Crippen LogP contribution >= 0.6 is 0 Å². The van der Waals surface area contributed by atoms with E-state index in [1.807, 2.05) is 24.9 Å². The molecule has 0 aliphatic rings. The van der Waals surface area contributed by atoms with Gasteiger partial charge in [-0.3, -0.25) is 0 Å². The Bertz CT molecular complexity index is 565. The summed E-state index contributed by atoms with van der Waals surface area (Å²) in [6.45, 7) is 4.75. The minimum absolute atomic E-state index is 0.00883. The van der Waals surface area contributed by atoms with E-state index in [9.17, 15) is 8.78 Å². The molecule has 0 amide bonds. The summed E-state index contributed by atoms with van der Waals surface area (Å²) < 4.78 is 34.6. The van der Waals surface area contributed by atoms with Gasteiger partial charge in [0.05, 0.1) is 13.7 Å². The van der Waals surface area contributed by atoms with Gasteiger partial charge in [0.25, 0.3) is 0 Å². The molecule has 0 unspecified atom stereocenters. The first-order chi connectivity index (χ1) is 12.0. The molecule has 0 bridgehead atoms. The van der Waals surface area contributed by atoms with Gasteiger partial charge in [-0.05, 0) is 37.5 Å². The van der Waals surface area contributed by atoms with Gasteiger partial charge in [-0.15, -0.1) is 6.58 Å². The Balaban J connectivity index is 2.85. The molecule has 0 aromatic heterocycles. The Labute approximate surface area is 148 Å². The fourth-order valence-corrected chi connectivity index (χ4v) is 2.22. The lowest BCUT2D eigenvalue weighted by Crippen LogP contribution is -2.39. The number of allylic oxidation sites excluding steroid dienone is 1. The fraction of sp³-hybridized carbons (Fsp3) is 0.500. The SMILES string of the molecule is C=CCCCN(C)C(=NCc1ccc(OC)c(OC(F)F)c1)NCC. The van der Waals surface area contributed by atoms with Crippen LogP contribution in [0.1, 0.15) is 25.3 Å². The molecule has 0 atom stereocenters. The Morgan fingerprint density at radius 2 is 2.16 bits per heavy atom. The van der Waals surface area contributed by atoms with Gasteiger partial charge in [0.2, 0.25) is 0 Å². The summed E-state index contributed by atoms with van der Waals surface area (Å²) in [6.07, 6.45) is 3.82. The number of unbranched alkanes of at least 4 members (excludes halogenated alkanes) is 1. The van der Waals surface area contributed by atoms with E-state index >= 15 is 0 Å². The zero-order chi connectivity index (χ0) is 18.7. The van der Waals surface area contributed by atoms with Crippen molar-refractivity contribution in [1.29, 1.82) is 0 Å². The van der Waals surface area contributed by atoms with Crippen LogP contribution in [0.4, 0.5) is 8.78 Å².